The van der Waals surface area contributed by atoms with Crippen molar-refractivity contribution in [3.63, 3.8) is 0 Å². The van der Waals surface area contributed by atoms with Gasteiger partial charge in [-0.15, -0.1) is 0 Å². The van der Waals surface area contributed by atoms with Crippen molar-refractivity contribution in [2.45, 2.75) is 24.9 Å². The van der Waals surface area contributed by atoms with Crippen molar-refractivity contribution in [3.05, 3.63) is 59.9 Å². The monoisotopic (exact) mass is 401 g/mol. The number of aromatic nitrogens is 1. The van der Waals surface area contributed by atoms with Gasteiger partial charge in [0.15, 0.2) is 5.82 Å². The molecule has 1 spiro atoms. The van der Waals surface area contributed by atoms with Crippen molar-refractivity contribution < 1.29 is 23.1 Å². The van der Waals surface area contributed by atoms with E-state index in [4.69, 9.17) is 4.74 Å². The molecule has 152 valence electrons. The topological polar surface area (TPSA) is 62.7 Å². The van der Waals surface area contributed by atoms with Crippen LogP contribution in [0, 0.1) is 11.6 Å². The zero-order valence-electron chi connectivity index (χ0n) is 15.8. The summed E-state index contributed by atoms with van der Waals surface area (Å²) < 4.78 is 33.5. The largest absolute Gasteiger partial charge is 0.363 e. The van der Waals surface area contributed by atoms with Gasteiger partial charge in [0.2, 0.25) is 0 Å². The number of rotatable bonds is 2. The number of nitrogens with zero attached hydrogens (tertiary/aromatic N) is 3. The van der Waals surface area contributed by atoms with Crippen molar-refractivity contribution >= 4 is 17.5 Å². The molecule has 8 heteroatoms. The zero-order chi connectivity index (χ0) is 20.4. The normalized spacial score (nSPS) is 22.6. The van der Waals surface area contributed by atoms with E-state index in [2.05, 4.69) is 4.98 Å². The van der Waals surface area contributed by atoms with Crippen LogP contribution >= 0.6 is 0 Å². The SMILES string of the molecule is O=C(c1ccncc1F)N1CCCC2(CC1)CN(c1cccc(F)c1)C(=O)CO2. The van der Waals surface area contributed by atoms with E-state index in [-0.39, 0.29) is 24.0 Å². The Morgan fingerprint density at radius 3 is 2.83 bits per heavy atom. The fourth-order valence-electron chi connectivity index (χ4n) is 3.99. The molecule has 2 amide bonds. The number of halogens is 2. The maximum Gasteiger partial charge on any atom is 0.256 e. The van der Waals surface area contributed by atoms with E-state index in [1.807, 2.05) is 0 Å². The number of amides is 2. The molecule has 29 heavy (non-hydrogen) atoms. The molecule has 2 saturated heterocycles. The smallest absolute Gasteiger partial charge is 0.256 e. The van der Waals surface area contributed by atoms with Crippen molar-refractivity contribution in [1.82, 2.24) is 9.88 Å². The van der Waals surface area contributed by atoms with E-state index in [1.54, 1.807) is 21.9 Å². The van der Waals surface area contributed by atoms with Crippen molar-refractivity contribution in [1.29, 1.82) is 0 Å². The Labute approximate surface area is 167 Å². The van der Waals surface area contributed by atoms with Crippen LogP contribution in [0.2, 0.25) is 0 Å². The second-order valence-corrected chi connectivity index (χ2v) is 7.43. The van der Waals surface area contributed by atoms with Crippen LogP contribution in [0.15, 0.2) is 42.7 Å². The van der Waals surface area contributed by atoms with Crippen LogP contribution < -0.4 is 4.90 Å². The summed E-state index contributed by atoms with van der Waals surface area (Å²) in [4.78, 5) is 31.9. The summed E-state index contributed by atoms with van der Waals surface area (Å²) in [7, 11) is 0. The summed E-state index contributed by atoms with van der Waals surface area (Å²) in [5.41, 5.74) is -0.128. The standard InChI is InChI=1S/C21H21F2N3O3/c22-15-3-1-4-16(11-15)26-14-21(29-13-19(26)27)6-2-9-25(10-7-21)20(28)17-5-8-24-12-18(17)23/h1,3-5,8,11-12H,2,6-7,9-10,13-14H2. The fourth-order valence-corrected chi connectivity index (χ4v) is 3.99. The lowest BCUT2D eigenvalue weighted by atomic mass is 9.92. The number of ether oxygens (including phenoxy) is 1. The average molecular weight is 401 g/mol. The third kappa shape index (κ3) is 3.98. The maximum absolute atomic E-state index is 13.9. The number of hydrogen-bond acceptors (Lipinski definition) is 4. The number of benzene rings is 1. The minimum Gasteiger partial charge on any atom is -0.363 e. The van der Waals surface area contributed by atoms with Crippen LogP contribution in [0.25, 0.3) is 0 Å². The molecule has 2 aliphatic heterocycles. The van der Waals surface area contributed by atoms with E-state index in [9.17, 15) is 18.4 Å². The van der Waals surface area contributed by atoms with Gasteiger partial charge in [0, 0.05) is 25.0 Å². The first-order valence-corrected chi connectivity index (χ1v) is 9.56. The lowest BCUT2D eigenvalue weighted by molar-refractivity contribution is -0.140. The van der Waals surface area contributed by atoms with Gasteiger partial charge < -0.3 is 14.5 Å². The number of morpholine rings is 1. The molecule has 4 rings (SSSR count). The van der Waals surface area contributed by atoms with E-state index in [0.29, 0.717) is 44.6 Å². The highest BCUT2D eigenvalue weighted by atomic mass is 19.1. The maximum atomic E-state index is 13.9. The van der Waals surface area contributed by atoms with Gasteiger partial charge in [-0.25, -0.2) is 8.78 Å². The van der Waals surface area contributed by atoms with Crippen LogP contribution in [0.5, 0.6) is 0 Å². The summed E-state index contributed by atoms with van der Waals surface area (Å²) in [5, 5.41) is 0. The van der Waals surface area contributed by atoms with Gasteiger partial charge in [0.05, 0.1) is 23.9 Å². The Kier molecular flexibility index (Phi) is 5.27. The Bertz CT molecular complexity index is 939. The molecule has 2 aliphatic rings. The molecule has 6 nitrogen and oxygen atoms in total. The first-order chi connectivity index (χ1) is 14.0. The van der Waals surface area contributed by atoms with E-state index < -0.39 is 17.2 Å². The fraction of sp³-hybridized carbons (Fsp3) is 0.381. The summed E-state index contributed by atoms with van der Waals surface area (Å²) >= 11 is 0. The van der Waals surface area contributed by atoms with Crippen LogP contribution in [0.1, 0.15) is 29.6 Å². The van der Waals surface area contributed by atoms with Crippen LogP contribution in [0.3, 0.4) is 0 Å². The van der Waals surface area contributed by atoms with E-state index >= 15 is 0 Å². The molecular formula is C21H21F2N3O3. The molecule has 2 aromatic rings. The van der Waals surface area contributed by atoms with E-state index in [1.165, 1.54) is 24.4 Å². The number of anilines is 1. The first-order valence-electron chi connectivity index (χ1n) is 9.56. The second kappa shape index (κ2) is 7.87. The van der Waals surface area contributed by atoms with Gasteiger partial charge >= 0.3 is 0 Å². The highest BCUT2D eigenvalue weighted by Crippen LogP contribution is 2.33. The summed E-state index contributed by atoms with van der Waals surface area (Å²) in [6, 6.07) is 7.29. The minimum absolute atomic E-state index is 0.00271. The Morgan fingerprint density at radius 1 is 1.17 bits per heavy atom. The molecule has 1 atom stereocenters. The molecule has 0 saturated carbocycles. The molecule has 2 fully saturated rings. The number of hydrogen-bond donors (Lipinski definition) is 0. The Morgan fingerprint density at radius 2 is 2.03 bits per heavy atom. The predicted octanol–water partition coefficient (Wildman–Crippen LogP) is 2.79. The van der Waals surface area contributed by atoms with Crippen molar-refractivity contribution in [2.75, 3.05) is 31.1 Å². The Balaban J connectivity index is 1.50. The second-order valence-electron chi connectivity index (χ2n) is 7.43. The number of carbonyl (C=O) groups is 2. The third-order valence-electron chi connectivity index (χ3n) is 5.56. The highest BCUT2D eigenvalue weighted by molar-refractivity contribution is 5.95. The summed E-state index contributed by atoms with van der Waals surface area (Å²) in [5.74, 6) is -1.66. The molecule has 0 radical (unpaired) electrons. The zero-order valence-corrected chi connectivity index (χ0v) is 15.8. The van der Waals surface area contributed by atoms with Crippen molar-refractivity contribution in [2.24, 2.45) is 0 Å². The number of pyridine rings is 1. The van der Waals surface area contributed by atoms with Gasteiger partial charge in [-0.2, -0.15) is 0 Å². The Hall–Kier alpha value is -2.87. The molecule has 3 heterocycles. The van der Waals surface area contributed by atoms with Crippen LogP contribution in [0.4, 0.5) is 14.5 Å². The van der Waals surface area contributed by atoms with Crippen molar-refractivity contribution in [3.8, 4) is 0 Å². The van der Waals surface area contributed by atoms with Gasteiger partial charge in [-0.1, -0.05) is 6.07 Å². The van der Waals surface area contributed by atoms with Crippen LogP contribution in [-0.2, 0) is 9.53 Å². The molecule has 1 aromatic heterocycles. The van der Waals surface area contributed by atoms with Gasteiger partial charge in [0.1, 0.15) is 12.4 Å². The van der Waals surface area contributed by atoms with Gasteiger partial charge in [-0.05, 0) is 43.5 Å². The first kappa shape index (κ1) is 19.4. The molecule has 1 aromatic carbocycles. The lowest BCUT2D eigenvalue weighted by Crippen LogP contribution is -2.55. The molecule has 0 bridgehead atoms. The summed E-state index contributed by atoms with van der Waals surface area (Å²) in [6.07, 6.45) is 4.23. The predicted molar refractivity (Wildman–Crippen MR) is 101 cm³/mol. The average Bonchev–Trinajstić information content (AvgIpc) is 2.93. The molecule has 0 aliphatic carbocycles. The highest BCUT2D eigenvalue weighted by Gasteiger charge is 2.42. The minimum atomic E-state index is -0.645. The van der Waals surface area contributed by atoms with Gasteiger partial charge in [0.25, 0.3) is 11.8 Å². The van der Waals surface area contributed by atoms with Crippen LogP contribution in [-0.4, -0.2) is 53.5 Å². The molecule has 1 unspecified atom stereocenters. The summed E-state index contributed by atoms with van der Waals surface area (Å²) in [6.45, 7) is 1.05. The molecular weight excluding hydrogens is 380 g/mol. The van der Waals surface area contributed by atoms with E-state index in [0.717, 1.165) is 6.20 Å². The number of likely N-dealkylation sites (tertiary alicyclic amines) is 1. The number of carbonyl (C=O) groups excluding carboxylic acids is 2. The van der Waals surface area contributed by atoms with Gasteiger partial charge in [-0.3, -0.25) is 14.6 Å². The third-order valence-corrected chi connectivity index (χ3v) is 5.56. The quantitative estimate of drug-likeness (QED) is 0.777. The lowest BCUT2D eigenvalue weighted by Gasteiger charge is -2.42. The molecule has 0 N–H and O–H groups in total.